The van der Waals surface area contributed by atoms with E-state index in [1.165, 1.54) is 18.9 Å². The predicted molar refractivity (Wildman–Crippen MR) is 85.0 cm³/mol. The van der Waals surface area contributed by atoms with Gasteiger partial charge < -0.3 is 10.1 Å². The van der Waals surface area contributed by atoms with Gasteiger partial charge in [0.2, 0.25) is 0 Å². The summed E-state index contributed by atoms with van der Waals surface area (Å²) < 4.78 is 19.7. The van der Waals surface area contributed by atoms with Crippen molar-refractivity contribution in [2.75, 3.05) is 0 Å². The second-order valence-corrected chi connectivity index (χ2v) is 7.37. The molecule has 0 spiro atoms. The summed E-state index contributed by atoms with van der Waals surface area (Å²) >= 11 is 0. The Labute approximate surface area is 128 Å². The van der Waals surface area contributed by atoms with Crippen molar-refractivity contribution in [1.29, 1.82) is 0 Å². The summed E-state index contributed by atoms with van der Waals surface area (Å²) in [5.41, 5.74) is 0.909. The molecular weight excluding hydrogens is 265 g/mol. The van der Waals surface area contributed by atoms with Gasteiger partial charge in [0, 0.05) is 17.6 Å². The van der Waals surface area contributed by atoms with E-state index in [0.29, 0.717) is 6.54 Å². The number of benzene rings is 1. The van der Waals surface area contributed by atoms with E-state index in [1.807, 2.05) is 0 Å². The van der Waals surface area contributed by atoms with E-state index in [9.17, 15) is 4.39 Å². The van der Waals surface area contributed by atoms with Crippen LogP contribution in [-0.2, 0) is 6.54 Å². The minimum Gasteiger partial charge on any atom is -0.490 e. The Morgan fingerprint density at radius 2 is 2.05 bits per heavy atom. The van der Waals surface area contributed by atoms with E-state index in [2.05, 4.69) is 33.0 Å². The molecule has 2 rings (SSSR count). The Balaban J connectivity index is 2.07. The molecule has 0 aromatic heterocycles. The fourth-order valence-electron chi connectivity index (χ4n) is 2.83. The number of ether oxygens (including phenoxy) is 1. The van der Waals surface area contributed by atoms with E-state index in [-0.39, 0.29) is 17.5 Å². The molecule has 2 atom stereocenters. The Morgan fingerprint density at radius 3 is 2.71 bits per heavy atom. The third-order valence-corrected chi connectivity index (χ3v) is 4.01. The molecule has 2 nitrogen and oxygen atoms in total. The van der Waals surface area contributed by atoms with Crippen LogP contribution >= 0.6 is 0 Å². The van der Waals surface area contributed by atoms with Gasteiger partial charge in [-0.1, -0.05) is 13.3 Å². The Hall–Kier alpha value is -1.09. The second-order valence-electron chi connectivity index (χ2n) is 7.37. The summed E-state index contributed by atoms with van der Waals surface area (Å²) in [4.78, 5) is 0. The van der Waals surface area contributed by atoms with Crippen molar-refractivity contribution in [3.8, 4) is 5.75 Å². The van der Waals surface area contributed by atoms with Gasteiger partial charge in [0.05, 0.1) is 6.10 Å². The van der Waals surface area contributed by atoms with E-state index >= 15 is 0 Å². The van der Waals surface area contributed by atoms with Crippen molar-refractivity contribution in [2.24, 2.45) is 5.92 Å². The van der Waals surface area contributed by atoms with Crippen molar-refractivity contribution in [1.82, 2.24) is 5.32 Å². The standard InChI is InChI=1S/C18H28FNO/c1-13-6-5-7-16(10-13)21-17-9-8-15(19)11-14(17)12-20-18(2,3)4/h8-9,11,13,16,20H,5-7,10,12H2,1-4H3. The Kier molecular flexibility index (Phi) is 5.26. The second kappa shape index (κ2) is 6.78. The molecule has 21 heavy (non-hydrogen) atoms. The maximum atomic E-state index is 13.5. The van der Waals surface area contributed by atoms with E-state index in [1.54, 1.807) is 12.1 Å². The van der Waals surface area contributed by atoms with Gasteiger partial charge in [0.1, 0.15) is 11.6 Å². The van der Waals surface area contributed by atoms with Crippen LogP contribution in [0.2, 0.25) is 0 Å². The van der Waals surface area contributed by atoms with Gasteiger partial charge in [-0.15, -0.1) is 0 Å². The number of halogens is 1. The molecule has 3 heteroatoms. The lowest BCUT2D eigenvalue weighted by atomic mass is 9.88. The molecule has 0 amide bonds. The average molecular weight is 293 g/mol. The van der Waals surface area contributed by atoms with Crippen molar-refractivity contribution < 1.29 is 9.13 Å². The van der Waals surface area contributed by atoms with Gasteiger partial charge in [-0.25, -0.2) is 4.39 Å². The monoisotopic (exact) mass is 293 g/mol. The van der Waals surface area contributed by atoms with Crippen LogP contribution in [0.15, 0.2) is 18.2 Å². The molecule has 1 aliphatic rings. The molecule has 2 unspecified atom stereocenters. The number of nitrogens with one attached hydrogen (secondary N) is 1. The lowest BCUT2D eigenvalue weighted by Crippen LogP contribution is -2.35. The number of hydrogen-bond donors (Lipinski definition) is 1. The molecule has 0 heterocycles. The molecule has 1 fully saturated rings. The SMILES string of the molecule is CC1CCCC(Oc2ccc(F)cc2CNC(C)(C)C)C1. The molecule has 1 saturated carbocycles. The molecule has 1 aromatic rings. The van der Waals surface area contributed by atoms with Gasteiger partial charge in [-0.2, -0.15) is 0 Å². The minimum atomic E-state index is -0.204. The normalized spacial score (nSPS) is 23.1. The van der Waals surface area contributed by atoms with Crippen LogP contribution in [-0.4, -0.2) is 11.6 Å². The van der Waals surface area contributed by atoms with Crippen LogP contribution in [0, 0.1) is 11.7 Å². The fraction of sp³-hybridized carbons (Fsp3) is 0.667. The highest BCUT2D eigenvalue weighted by Gasteiger charge is 2.21. The van der Waals surface area contributed by atoms with Crippen molar-refractivity contribution in [2.45, 2.75) is 71.6 Å². The van der Waals surface area contributed by atoms with Gasteiger partial charge in [0.25, 0.3) is 0 Å². The maximum Gasteiger partial charge on any atom is 0.124 e. The molecular formula is C18H28FNO. The summed E-state index contributed by atoms with van der Waals surface area (Å²) in [6.45, 7) is 9.22. The zero-order valence-corrected chi connectivity index (χ0v) is 13.7. The maximum absolute atomic E-state index is 13.5. The van der Waals surface area contributed by atoms with Crippen LogP contribution in [0.25, 0.3) is 0 Å². The smallest absolute Gasteiger partial charge is 0.124 e. The topological polar surface area (TPSA) is 21.3 Å². The molecule has 118 valence electrons. The fourth-order valence-corrected chi connectivity index (χ4v) is 2.83. The zero-order valence-electron chi connectivity index (χ0n) is 13.7. The minimum absolute atomic E-state index is 0.00292. The molecule has 1 aromatic carbocycles. The van der Waals surface area contributed by atoms with E-state index < -0.39 is 0 Å². The third-order valence-electron chi connectivity index (χ3n) is 4.01. The predicted octanol–water partition coefficient (Wildman–Crippen LogP) is 4.67. The molecule has 0 bridgehead atoms. The molecule has 0 aliphatic heterocycles. The van der Waals surface area contributed by atoms with Crippen LogP contribution in [0.1, 0.15) is 58.9 Å². The highest BCUT2D eigenvalue weighted by Crippen LogP contribution is 2.29. The Bertz CT molecular complexity index is 467. The molecule has 0 saturated heterocycles. The first-order valence-corrected chi connectivity index (χ1v) is 8.03. The molecule has 1 aliphatic carbocycles. The average Bonchev–Trinajstić information content (AvgIpc) is 2.38. The van der Waals surface area contributed by atoms with Crippen LogP contribution < -0.4 is 10.1 Å². The van der Waals surface area contributed by atoms with Crippen LogP contribution in [0.5, 0.6) is 5.75 Å². The lowest BCUT2D eigenvalue weighted by molar-refractivity contribution is 0.127. The van der Waals surface area contributed by atoms with Crippen molar-refractivity contribution >= 4 is 0 Å². The largest absolute Gasteiger partial charge is 0.490 e. The van der Waals surface area contributed by atoms with Gasteiger partial charge in [-0.3, -0.25) is 0 Å². The van der Waals surface area contributed by atoms with Gasteiger partial charge in [0.15, 0.2) is 0 Å². The highest BCUT2D eigenvalue weighted by molar-refractivity contribution is 5.34. The zero-order chi connectivity index (χ0) is 15.5. The third kappa shape index (κ3) is 5.31. The van der Waals surface area contributed by atoms with Gasteiger partial charge in [-0.05, 0) is 64.2 Å². The number of rotatable bonds is 4. The summed E-state index contributed by atoms with van der Waals surface area (Å²) in [7, 11) is 0. The first kappa shape index (κ1) is 16.3. The van der Waals surface area contributed by atoms with Gasteiger partial charge >= 0.3 is 0 Å². The Morgan fingerprint density at radius 1 is 1.29 bits per heavy atom. The lowest BCUT2D eigenvalue weighted by Gasteiger charge is -2.29. The summed E-state index contributed by atoms with van der Waals surface area (Å²) in [6, 6.07) is 4.84. The summed E-state index contributed by atoms with van der Waals surface area (Å²) in [5, 5.41) is 3.41. The first-order chi connectivity index (χ1) is 9.83. The van der Waals surface area contributed by atoms with Crippen molar-refractivity contribution in [3.63, 3.8) is 0 Å². The first-order valence-electron chi connectivity index (χ1n) is 8.03. The van der Waals surface area contributed by atoms with Crippen LogP contribution in [0.4, 0.5) is 4.39 Å². The number of hydrogen-bond acceptors (Lipinski definition) is 2. The quantitative estimate of drug-likeness (QED) is 0.871. The van der Waals surface area contributed by atoms with Crippen LogP contribution in [0.3, 0.4) is 0 Å². The van der Waals surface area contributed by atoms with Crippen molar-refractivity contribution in [3.05, 3.63) is 29.6 Å². The highest BCUT2D eigenvalue weighted by atomic mass is 19.1. The van der Waals surface area contributed by atoms with E-state index in [0.717, 1.165) is 30.1 Å². The summed E-state index contributed by atoms with van der Waals surface area (Å²) in [6.07, 6.45) is 4.99. The summed E-state index contributed by atoms with van der Waals surface area (Å²) in [5.74, 6) is 1.35. The molecule has 1 N–H and O–H groups in total. The van der Waals surface area contributed by atoms with E-state index in [4.69, 9.17) is 4.74 Å². The molecule has 0 radical (unpaired) electrons.